The van der Waals surface area contributed by atoms with Crippen LogP contribution < -0.4 is 11.2 Å². The van der Waals surface area contributed by atoms with Crippen LogP contribution in [0.2, 0.25) is 0 Å². The van der Waals surface area contributed by atoms with Crippen LogP contribution in [0.3, 0.4) is 0 Å². The number of primary amides is 1. The molecule has 0 aliphatic heterocycles. The van der Waals surface area contributed by atoms with E-state index >= 15 is 0 Å². The standard InChI is InChI=1S/C24H32ClN5O4/c1-29(24(34)19-14-17-9-5-6-10-18(17)27-19)20(13-16-7-3-2-4-8-16)23(33)28-30(22(32)15-25)12-11-21(26)31/h5-6,9-10,14,16,20,27H,2-4,7-8,11-13,15H2,1H3,(H2,26,31)(H,28,33)/t20-/m0/s1. The fourth-order valence-corrected chi connectivity index (χ4v) is 4.59. The van der Waals surface area contributed by atoms with Gasteiger partial charge in [0, 0.05) is 24.4 Å². The van der Waals surface area contributed by atoms with Crippen molar-refractivity contribution < 1.29 is 19.2 Å². The minimum Gasteiger partial charge on any atom is -0.370 e. The van der Waals surface area contributed by atoms with E-state index < -0.39 is 23.8 Å². The zero-order valence-corrected chi connectivity index (χ0v) is 20.1. The molecule has 1 aliphatic rings. The Morgan fingerprint density at radius 3 is 2.53 bits per heavy atom. The molecule has 1 aliphatic carbocycles. The molecule has 1 aromatic heterocycles. The molecule has 1 fully saturated rings. The van der Waals surface area contributed by atoms with Crippen molar-refractivity contribution in [1.29, 1.82) is 0 Å². The molecule has 1 saturated carbocycles. The summed E-state index contributed by atoms with van der Waals surface area (Å²) in [6, 6.07) is 8.52. The van der Waals surface area contributed by atoms with Gasteiger partial charge in [-0.2, -0.15) is 0 Å². The van der Waals surface area contributed by atoms with Gasteiger partial charge < -0.3 is 15.6 Å². The summed E-state index contributed by atoms with van der Waals surface area (Å²) >= 11 is 5.69. The van der Waals surface area contributed by atoms with Gasteiger partial charge >= 0.3 is 0 Å². The smallest absolute Gasteiger partial charge is 0.270 e. The van der Waals surface area contributed by atoms with Crippen molar-refractivity contribution in [2.24, 2.45) is 11.7 Å². The van der Waals surface area contributed by atoms with Gasteiger partial charge in [-0.15, -0.1) is 11.6 Å². The van der Waals surface area contributed by atoms with Gasteiger partial charge in [-0.1, -0.05) is 50.3 Å². The molecule has 0 spiro atoms. The van der Waals surface area contributed by atoms with Crippen molar-refractivity contribution in [1.82, 2.24) is 20.3 Å². The van der Waals surface area contributed by atoms with Crippen LogP contribution in [0.5, 0.6) is 0 Å². The number of nitrogens with zero attached hydrogens (tertiary/aromatic N) is 2. The Morgan fingerprint density at radius 1 is 1.18 bits per heavy atom. The van der Waals surface area contributed by atoms with Crippen molar-refractivity contribution in [3.63, 3.8) is 0 Å². The minimum absolute atomic E-state index is 0.0948. The molecule has 3 rings (SSSR count). The number of fused-ring (bicyclic) bond motifs is 1. The van der Waals surface area contributed by atoms with E-state index in [0.29, 0.717) is 18.0 Å². The van der Waals surface area contributed by atoms with Crippen LogP contribution in [-0.2, 0) is 14.4 Å². The van der Waals surface area contributed by atoms with Crippen LogP contribution in [0.4, 0.5) is 0 Å². The summed E-state index contributed by atoms with van der Waals surface area (Å²) in [5.74, 6) is -2.05. The molecular formula is C24H32ClN5O4. The largest absolute Gasteiger partial charge is 0.370 e. The summed E-state index contributed by atoms with van der Waals surface area (Å²) in [5.41, 5.74) is 8.99. The zero-order valence-electron chi connectivity index (χ0n) is 19.4. The number of benzene rings is 1. The molecule has 4 N–H and O–H groups in total. The number of carbonyl (C=O) groups excluding carboxylic acids is 4. The predicted molar refractivity (Wildman–Crippen MR) is 130 cm³/mol. The van der Waals surface area contributed by atoms with Gasteiger partial charge in [0.05, 0.1) is 6.54 Å². The SMILES string of the molecule is CN(C(=O)c1cc2ccccc2[nH]1)[C@@H](CC1CCCCC1)C(=O)NN(CCC(N)=O)C(=O)CCl. The van der Waals surface area contributed by atoms with Gasteiger partial charge in [0.25, 0.3) is 17.7 Å². The Morgan fingerprint density at radius 2 is 1.88 bits per heavy atom. The number of aromatic amines is 1. The molecule has 1 aromatic carbocycles. The zero-order chi connectivity index (χ0) is 24.7. The first kappa shape index (κ1) is 25.6. The fourth-order valence-electron chi connectivity index (χ4n) is 4.44. The van der Waals surface area contributed by atoms with E-state index in [1.165, 1.54) is 11.3 Å². The number of carbonyl (C=O) groups is 4. The first-order valence-corrected chi connectivity index (χ1v) is 12.1. The Balaban J connectivity index is 1.81. The van der Waals surface area contributed by atoms with E-state index in [1.807, 2.05) is 24.3 Å². The van der Waals surface area contributed by atoms with Gasteiger partial charge in [0.1, 0.15) is 17.6 Å². The van der Waals surface area contributed by atoms with E-state index in [0.717, 1.165) is 41.6 Å². The van der Waals surface area contributed by atoms with E-state index in [2.05, 4.69) is 10.4 Å². The lowest BCUT2D eigenvalue weighted by molar-refractivity contribution is -0.142. The summed E-state index contributed by atoms with van der Waals surface area (Å²) in [6.45, 7) is -0.0948. The van der Waals surface area contributed by atoms with E-state index in [9.17, 15) is 19.2 Å². The Labute approximate surface area is 203 Å². The number of amides is 4. The van der Waals surface area contributed by atoms with Crippen molar-refractivity contribution in [2.75, 3.05) is 19.5 Å². The molecule has 9 nitrogen and oxygen atoms in total. The van der Waals surface area contributed by atoms with Gasteiger partial charge in [-0.25, -0.2) is 0 Å². The normalized spacial score (nSPS) is 15.0. The molecular weight excluding hydrogens is 458 g/mol. The molecule has 0 unspecified atom stereocenters. The maximum absolute atomic E-state index is 13.4. The summed E-state index contributed by atoms with van der Waals surface area (Å²) in [7, 11) is 1.60. The molecule has 184 valence electrons. The number of rotatable bonds is 9. The fraction of sp³-hybridized carbons (Fsp3) is 0.500. The third-order valence-electron chi connectivity index (χ3n) is 6.37. The number of nitrogens with one attached hydrogen (secondary N) is 2. The van der Waals surface area contributed by atoms with Crippen LogP contribution in [0.1, 0.15) is 55.4 Å². The van der Waals surface area contributed by atoms with Crippen molar-refractivity contribution in [3.8, 4) is 0 Å². The molecule has 0 bridgehead atoms. The highest BCUT2D eigenvalue weighted by Gasteiger charge is 2.33. The van der Waals surface area contributed by atoms with Crippen LogP contribution in [0, 0.1) is 5.92 Å². The lowest BCUT2D eigenvalue weighted by Crippen LogP contribution is -2.55. The van der Waals surface area contributed by atoms with Crippen LogP contribution in [0.15, 0.2) is 30.3 Å². The molecule has 0 saturated heterocycles. The summed E-state index contributed by atoms with van der Waals surface area (Å²) < 4.78 is 0. The van der Waals surface area contributed by atoms with Crippen molar-refractivity contribution in [2.45, 2.75) is 51.0 Å². The Hall–Kier alpha value is -3.07. The highest BCUT2D eigenvalue weighted by atomic mass is 35.5. The minimum atomic E-state index is -0.804. The number of alkyl halides is 1. The third-order valence-corrected chi connectivity index (χ3v) is 6.60. The second-order valence-corrected chi connectivity index (χ2v) is 9.08. The lowest BCUT2D eigenvalue weighted by atomic mass is 9.84. The van der Waals surface area contributed by atoms with Crippen LogP contribution in [-0.4, -0.2) is 64.0 Å². The summed E-state index contributed by atoms with van der Waals surface area (Å²) in [4.78, 5) is 54.7. The second kappa shape index (κ2) is 11.9. The highest BCUT2D eigenvalue weighted by Crippen LogP contribution is 2.29. The number of hydrogen-bond donors (Lipinski definition) is 3. The van der Waals surface area contributed by atoms with Crippen molar-refractivity contribution in [3.05, 3.63) is 36.0 Å². The van der Waals surface area contributed by atoms with Gasteiger partial charge in [0.15, 0.2) is 0 Å². The average molecular weight is 490 g/mol. The molecule has 4 amide bonds. The first-order valence-electron chi connectivity index (χ1n) is 11.6. The molecule has 1 atom stereocenters. The topological polar surface area (TPSA) is 129 Å². The number of halogens is 1. The number of likely N-dealkylation sites (N-methyl/N-ethyl adjacent to an activating group) is 1. The Bertz CT molecular complexity index is 1000. The van der Waals surface area contributed by atoms with Gasteiger partial charge in [0.2, 0.25) is 5.91 Å². The van der Waals surface area contributed by atoms with Crippen LogP contribution in [0.25, 0.3) is 10.9 Å². The lowest BCUT2D eigenvalue weighted by Gasteiger charge is -2.33. The monoisotopic (exact) mass is 489 g/mol. The number of aromatic nitrogens is 1. The average Bonchev–Trinajstić information content (AvgIpc) is 3.28. The quantitative estimate of drug-likeness (QED) is 0.369. The van der Waals surface area contributed by atoms with Crippen molar-refractivity contribution >= 4 is 46.1 Å². The van der Waals surface area contributed by atoms with E-state index in [4.69, 9.17) is 17.3 Å². The van der Waals surface area contributed by atoms with E-state index in [1.54, 1.807) is 13.1 Å². The van der Waals surface area contributed by atoms with Gasteiger partial charge in [-0.05, 0) is 24.5 Å². The molecule has 34 heavy (non-hydrogen) atoms. The summed E-state index contributed by atoms with van der Waals surface area (Å²) in [6.07, 6.45) is 5.69. The molecule has 2 aromatic rings. The maximum Gasteiger partial charge on any atom is 0.270 e. The van der Waals surface area contributed by atoms with Gasteiger partial charge in [-0.3, -0.25) is 29.6 Å². The molecule has 10 heteroatoms. The highest BCUT2D eigenvalue weighted by molar-refractivity contribution is 6.27. The van der Waals surface area contributed by atoms with Crippen LogP contribution >= 0.6 is 11.6 Å². The number of H-pyrrole nitrogens is 1. The number of hydrogen-bond acceptors (Lipinski definition) is 4. The number of nitrogens with two attached hydrogens (primary N) is 1. The molecule has 1 heterocycles. The summed E-state index contributed by atoms with van der Waals surface area (Å²) in [5, 5.41) is 1.91. The molecule has 0 radical (unpaired) electrons. The second-order valence-electron chi connectivity index (χ2n) is 8.81. The number of para-hydroxylation sites is 1. The predicted octanol–water partition coefficient (Wildman–Crippen LogP) is 2.55. The maximum atomic E-state index is 13.4. The third kappa shape index (κ3) is 6.50. The number of hydrazine groups is 1. The first-order chi connectivity index (χ1) is 16.3. The van der Waals surface area contributed by atoms with E-state index in [-0.39, 0.29) is 24.8 Å². The Kier molecular flexibility index (Phi) is 8.92.